The monoisotopic (exact) mass is 234 g/mol. The standard InChI is InChI=1S/C14H22N2O/c1-11(2)14-13(5-8-17-14)10-16-9-12-3-6-15-7-4-12/h3-4,6-7,11,13-14,16H,5,8-10H2,1-2H3/t13-,14-/m1/s1. The van der Waals surface area contributed by atoms with Crippen LogP contribution in [0.15, 0.2) is 24.5 Å². The molecule has 0 aromatic carbocycles. The van der Waals surface area contributed by atoms with E-state index in [-0.39, 0.29) is 0 Å². The van der Waals surface area contributed by atoms with Crippen molar-refractivity contribution < 1.29 is 4.74 Å². The molecule has 1 aromatic rings. The van der Waals surface area contributed by atoms with Crippen molar-refractivity contribution in [3.63, 3.8) is 0 Å². The zero-order valence-corrected chi connectivity index (χ0v) is 10.7. The molecule has 0 bridgehead atoms. The van der Waals surface area contributed by atoms with Crippen LogP contribution < -0.4 is 5.32 Å². The van der Waals surface area contributed by atoms with Gasteiger partial charge in [0.15, 0.2) is 0 Å². The first-order valence-electron chi connectivity index (χ1n) is 6.48. The number of hydrogen-bond donors (Lipinski definition) is 1. The van der Waals surface area contributed by atoms with Crippen LogP contribution in [0.2, 0.25) is 0 Å². The molecular formula is C14H22N2O. The minimum atomic E-state index is 0.431. The number of hydrogen-bond acceptors (Lipinski definition) is 3. The van der Waals surface area contributed by atoms with E-state index in [0.717, 1.165) is 19.7 Å². The number of nitrogens with zero attached hydrogens (tertiary/aromatic N) is 1. The average molecular weight is 234 g/mol. The number of aromatic nitrogens is 1. The normalized spacial score (nSPS) is 24.4. The Hall–Kier alpha value is -0.930. The first-order chi connectivity index (χ1) is 8.27. The molecule has 0 saturated carbocycles. The molecule has 1 saturated heterocycles. The van der Waals surface area contributed by atoms with Gasteiger partial charge in [-0.25, -0.2) is 0 Å². The maximum absolute atomic E-state index is 5.78. The summed E-state index contributed by atoms with van der Waals surface area (Å²) >= 11 is 0. The van der Waals surface area contributed by atoms with Gasteiger partial charge in [0, 0.05) is 32.1 Å². The molecule has 3 nitrogen and oxygen atoms in total. The molecule has 1 N–H and O–H groups in total. The lowest BCUT2D eigenvalue weighted by atomic mass is 9.93. The van der Waals surface area contributed by atoms with Gasteiger partial charge in [-0.3, -0.25) is 4.98 Å². The van der Waals surface area contributed by atoms with E-state index < -0.39 is 0 Å². The minimum Gasteiger partial charge on any atom is -0.378 e. The quantitative estimate of drug-likeness (QED) is 0.848. The fraction of sp³-hybridized carbons (Fsp3) is 0.643. The molecule has 17 heavy (non-hydrogen) atoms. The molecule has 0 aliphatic carbocycles. The van der Waals surface area contributed by atoms with Crippen molar-refractivity contribution in [1.29, 1.82) is 0 Å². The van der Waals surface area contributed by atoms with E-state index in [0.29, 0.717) is 17.9 Å². The minimum absolute atomic E-state index is 0.431. The zero-order chi connectivity index (χ0) is 12.1. The van der Waals surface area contributed by atoms with Crippen LogP contribution >= 0.6 is 0 Å². The van der Waals surface area contributed by atoms with Gasteiger partial charge in [0.1, 0.15) is 0 Å². The average Bonchev–Trinajstić information content (AvgIpc) is 2.79. The van der Waals surface area contributed by atoms with Crippen molar-refractivity contribution in [2.75, 3.05) is 13.2 Å². The zero-order valence-electron chi connectivity index (χ0n) is 10.7. The second-order valence-electron chi connectivity index (χ2n) is 5.11. The summed E-state index contributed by atoms with van der Waals surface area (Å²) in [6, 6.07) is 4.11. The second-order valence-corrected chi connectivity index (χ2v) is 5.11. The van der Waals surface area contributed by atoms with Crippen molar-refractivity contribution in [1.82, 2.24) is 10.3 Å². The number of rotatable bonds is 5. The summed E-state index contributed by atoms with van der Waals surface area (Å²) in [6.45, 7) is 7.37. The van der Waals surface area contributed by atoms with Gasteiger partial charge in [-0.05, 0) is 36.0 Å². The fourth-order valence-corrected chi connectivity index (χ4v) is 2.51. The van der Waals surface area contributed by atoms with Crippen LogP contribution in [0.1, 0.15) is 25.8 Å². The molecule has 1 aliphatic heterocycles. The lowest BCUT2D eigenvalue weighted by molar-refractivity contribution is 0.0539. The lowest BCUT2D eigenvalue weighted by Crippen LogP contribution is -2.31. The van der Waals surface area contributed by atoms with Crippen LogP contribution in [-0.2, 0) is 11.3 Å². The van der Waals surface area contributed by atoms with Crippen LogP contribution in [0.4, 0.5) is 0 Å². The van der Waals surface area contributed by atoms with E-state index in [1.807, 2.05) is 12.4 Å². The Labute approximate surface area is 104 Å². The second kappa shape index (κ2) is 6.12. The summed E-state index contributed by atoms with van der Waals surface area (Å²) in [5, 5.41) is 3.52. The van der Waals surface area contributed by atoms with E-state index in [2.05, 4.69) is 36.3 Å². The molecule has 1 fully saturated rings. The third kappa shape index (κ3) is 3.51. The number of nitrogens with one attached hydrogen (secondary N) is 1. The molecule has 0 spiro atoms. The highest BCUT2D eigenvalue weighted by atomic mass is 16.5. The largest absolute Gasteiger partial charge is 0.378 e. The van der Waals surface area contributed by atoms with E-state index in [9.17, 15) is 0 Å². The lowest BCUT2D eigenvalue weighted by Gasteiger charge is -2.22. The third-order valence-electron chi connectivity index (χ3n) is 3.41. The molecule has 94 valence electrons. The van der Waals surface area contributed by atoms with Crippen molar-refractivity contribution in [2.24, 2.45) is 11.8 Å². The molecule has 0 amide bonds. The molecule has 0 radical (unpaired) electrons. The van der Waals surface area contributed by atoms with Crippen molar-refractivity contribution in [2.45, 2.75) is 32.9 Å². The van der Waals surface area contributed by atoms with Crippen LogP contribution in [0.5, 0.6) is 0 Å². The predicted octanol–water partition coefficient (Wildman–Crippen LogP) is 2.23. The maximum Gasteiger partial charge on any atom is 0.0639 e. The third-order valence-corrected chi connectivity index (χ3v) is 3.41. The SMILES string of the molecule is CC(C)[C@H]1OCC[C@@H]1CNCc1ccncc1. The molecular weight excluding hydrogens is 212 g/mol. The van der Waals surface area contributed by atoms with Gasteiger partial charge in [-0.15, -0.1) is 0 Å². The van der Waals surface area contributed by atoms with Crippen LogP contribution in [0, 0.1) is 11.8 Å². The van der Waals surface area contributed by atoms with Gasteiger partial charge >= 0.3 is 0 Å². The van der Waals surface area contributed by atoms with E-state index >= 15 is 0 Å². The highest BCUT2D eigenvalue weighted by Gasteiger charge is 2.29. The Morgan fingerprint density at radius 3 is 2.88 bits per heavy atom. The first-order valence-corrected chi connectivity index (χ1v) is 6.48. The van der Waals surface area contributed by atoms with Gasteiger partial charge in [0.2, 0.25) is 0 Å². The number of pyridine rings is 1. The number of ether oxygens (including phenoxy) is 1. The molecule has 0 unspecified atom stereocenters. The summed E-state index contributed by atoms with van der Waals surface area (Å²) in [4.78, 5) is 4.02. The van der Waals surface area contributed by atoms with Gasteiger partial charge in [-0.2, -0.15) is 0 Å². The molecule has 2 heterocycles. The van der Waals surface area contributed by atoms with Gasteiger partial charge < -0.3 is 10.1 Å². The maximum atomic E-state index is 5.78. The van der Waals surface area contributed by atoms with Gasteiger partial charge in [0.25, 0.3) is 0 Å². The first kappa shape index (κ1) is 12.5. The van der Waals surface area contributed by atoms with E-state index in [1.54, 1.807) is 0 Å². The summed E-state index contributed by atoms with van der Waals surface area (Å²) in [5.41, 5.74) is 1.29. The van der Waals surface area contributed by atoms with Crippen molar-refractivity contribution in [3.05, 3.63) is 30.1 Å². The molecule has 2 atom stereocenters. The molecule has 1 aromatic heterocycles. The van der Waals surface area contributed by atoms with E-state index in [1.165, 1.54) is 12.0 Å². The van der Waals surface area contributed by atoms with E-state index in [4.69, 9.17) is 4.74 Å². The van der Waals surface area contributed by atoms with Gasteiger partial charge in [-0.1, -0.05) is 13.8 Å². The molecule has 1 aliphatic rings. The summed E-state index contributed by atoms with van der Waals surface area (Å²) in [6.07, 6.45) is 5.30. The molecule has 2 rings (SSSR count). The Morgan fingerprint density at radius 2 is 2.18 bits per heavy atom. The predicted molar refractivity (Wildman–Crippen MR) is 68.6 cm³/mol. The van der Waals surface area contributed by atoms with Crippen molar-refractivity contribution >= 4 is 0 Å². The van der Waals surface area contributed by atoms with Crippen molar-refractivity contribution in [3.8, 4) is 0 Å². The highest BCUT2D eigenvalue weighted by molar-refractivity contribution is 5.09. The van der Waals surface area contributed by atoms with Gasteiger partial charge in [0.05, 0.1) is 6.10 Å². The molecule has 3 heteroatoms. The Balaban J connectivity index is 1.75. The Morgan fingerprint density at radius 1 is 1.41 bits per heavy atom. The topological polar surface area (TPSA) is 34.1 Å². The summed E-state index contributed by atoms with van der Waals surface area (Å²) in [5.74, 6) is 1.28. The summed E-state index contributed by atoms with van der Waals surface area (Å²) < 4.78 is 5.78. The Kier molecular flexibility index (Phi) is 4.51. The highest BCUT2D eigenvalue weighted by Crippen LogP contribution is 2.26. The summed E-state index contributed by atoms with van der Waals surface area (Å²) in [7, 11) is 0. The van der Waals surface area contributed by atoms with Crippen LogP contribution in [-0.4, -0.2) is 24.2 Å². The smallest absolute Gasteiger partial charge is 0.0639 e. The van der Waals surface area contributed by atoms with Crippen LogP contribution in [0.25, 0.3) is 0 Å². The fourth-order valence-electron chi connectivity index (χ4n) is 2.51. The Bertz CT molecular complexity index is 326. The van der Waals surface area contributed by atoms with Crippen LogP contribution in [0.3, 0.4) is 0 Å².